The van der Waals surface area contributed by atoms with E-state index in [0.717, 1.165) is 31.8 Å². The third-order valence-electron chi connectivity index (χ3n) is 2.69. The first kappa shape index (κ1) is 9.34. The molecular weight excluding hydrogens is 174 g/mol. The molecule has 2 aliphatic heterocycles. The maximum Gasteiger partial charge on any atom is 0.0617 e. The quantitative estimate of drug-likeness (QED) is 0.667. The van der Waals surface area contributed by atoms with E-state index >= 15 is 0 Å². The average Bonchev–Trinajstić information content (AvgIpc) is 2.19. The smallest absolute Gasteiger partial charge is 0.0617 e. The molecule has 2 heterocycles. The number of likely N-dealkylation sites (N-methyl/N-ethyl adjacent to an activating group) is 1. The second-order valence-electron chi connectivity index (χ2n) is 3.92. The molecule has 0 radical (unpaired) electrons. The SMILES string of the molecule is CN1CC=C(N2C=CC=C(N)C2)CC1. The van der Waals surface area contributed by atoms with Gasteiger partial charge in [0.25, 0.3) is 0 Å². The molecule has 0 saturated carbocycles. The predicted molar refractivity (Wildman–Crippen MR) is 58.3 cm³/mol. The third-order valence-corrected chi connectivity index (χ3v) is 2.69. The topological polar surface area (TPSA) is 32.5 Å². The molecule has 0 spiro atoms. The number of hydrogen-bond acceptors (Lipinski definition) is 3. The van der Waals surface area contributed by atoms with Crippen molar-refractivity contribution in [3.8, 4) is 0 Å². The summed E-state index contributed by atoms with van der Waals surface area (Å²) in [7, 11) is 2.15. The Hall–Kier alpha value is -1.22. The second-order valence-corrected chi connectivity index (χ2v) is 3.92. The zero-order valence-corrected chi connectivity index (χ0v) is 8.61. The fourth-order valence-corrected chi connectivity index (χ4v) is 1.79. The summed E-state index contributed by atoms with van der Waals surface area (Å²) >= 11 is 0. The predicted octanol–water partition coefficient (Wildman–Crippen LogP) is 0.878. The van der Waals surface area contributed by atoms with Crippen LogP contribution >= 0.6 is 0 Å². The fraction of sp³-hybridized carbons (Fsp3) is 0.455. The minimum atomic E-state index is 0.839. The highest BCUT2D eigenvalue weighted by Gasteiger charge is 2.14. The minimum Gasteiger partial charge on any atom is -0.401 e. The van der Waals surface area contributed by atoms with Gasteiger partial charge in [0.15, 0.2) is 0 Å². The van der Waals surface area contributed by atoms with Crippen LogP contribution in [0.4, 0.5) is 0 Å². The van der Waals surface area contributed by atoms with Crippen molar-refractivity contribution in [3.63, 3.8) is 0 Å². The Morgan fingerprint density at radius 2 is 2.29 bits per heavy atom. The molecule has 0 saturated heterocycles. The molecule has 3 nitrogen and oxygen atoms in total. The number of nitrogens with two attached hydrogens (primary N) is 1. The number of rotatable bonds is 1. The number of allylic oxidation sites excluding steroid dienone is 2. The highest BCUT2D eigenvalue weighted by Crippen LogP contribution is 2.17. The first-order valence-corrected chi connectivity index (χ1v) is 5.03. The van der Waals surface area contributed by atoms with E-state index in [2.05, 4.69) is 29.1 Å². The van der Waals surface area contributed by atoms with Gasteiger partial charge in [0.05, 0.1) is 6.54 Å². The average molecular weight is 191 g/mol. The standard InChI is InChI=1S/C11H17N3/c1-13-7-4-11(5-8-13)14-6-2-3-10(12)9-14/h2-4,6H,5,7-9,12H2,1H3. The van der Waals surface area contributed by atoms with Crippen LogP contribution in [0.5, 0.6) is 0 Å². The van der Waals surface area contributed by atoms with Gasteiger partial charge in [-0.25, -0.2) is 0 Å². The van der Waals surface area contributed by atoms with Gasteiger partial charge in [0.1, 0.15) is 0 Å². The van der Waals surface area contributed by atoms with Gasteiger partial charge in [0.2, 0.25) is 0 Å². The molecule has 0 aromatic heterocycles. The molecule has 2 N–H and O–H groups in total. The van der Waals surface area contributed by atoms with Crippen molar-refractivity contribution < 1.29 is 0 Å². The van der Waals surface area contributed by atoms with Crippen LogP contribution in [0.3, 0.4) is 0 Å². The molecule has 0 aliphatic carbocycles. The summed E-state index contributed by atoms with van der Waals surface area (Å²) < 4.78 is 0. The molecule has 3 heteroatoms. The van der Waals surface area contributed by atoms with Crippen LogP contribution in [-0.2, 0) is 0 Å². The monoisotopic (exact) mass is 191 g/mol. The molecule has 2 aliphatic rings. The van der Waals surface area contributed by atoms with Crippen LogP contribution in [0.15, 0.2) is 35.8 Å². The van der Waals surface area contributed by atoms with E-state index in [1.165, 1.54) is 5.70 Å². The van der Waals surface area contributed by atoms with Gasteiger partial charge >= 0.3 is 0 Å². The van der Waals surface area contributed by atoms with E-state index in [-0.39, 0.29) is 0 Å². The molecule has 0 unspecified atom stereocenters. The van der Waals surface area contributed by atoms with Gasteiger partial charge in [-0.05, 0) is 19.2 Å². The van der Waals surface area contributed by atoms with E-state index in [1.54, 1.807) is 0 Å². The first-order valence-electron chi connectivity index (χ1n) is 5.03. The molecule has 76 valence electrons. The van der Waals surface area contributed by atoms with E-state index in [0.29, 0.717) is 0 Å². The lowest BCUT2D eigenvalue weighted by molar-refractivity contribution is 0.328. The van der Waals surface area contributed by atoms with Crippen molar-refractivity contribution in [1.82, 2.24) is 9.80 Å². The summed E-state index contributed by atoms with van der Waals surface area (Å²) in [5, 5.41) is 0. The van der Waals surface area contributed by atoms with Gasteiger partial charge in [-0.2, -0.15) is 0 Å². The van der Waals surface area contributed by atoms with E-state index < -0.39 is 0 Å². The summed E-state index contributed by atoms with van der Waals surface area (Å²) in [6.07, 6.45) is 9.48. The second kappa shape index (κ2) is 3.88. The van der Waals surface area contributed by atoms with Gasteiger partial charge in [-0.1, -0.05) is 6.08 Å². The summed E-state index contributed by atoms with van der Waals surface area (Å²) in [4.78, 5) is 4.55. The van der Waals surface area contributed by atoms with Crippen LogP contribution in [0.1, 0.15) is 6.42 Å². The molecule has 2 rings (SSSR count). The Kier molecular flexibility index (Phi) is 2.59. The molecule has 0 bridgehead atoms. The molecule has 0 aromatic rings. The van der Waals surface area contributed by atoms with Crippen LogP contribution in [0.25, 0.3) is 0 Å². The van der Waals surface area contributed by atoms with Crippen LogP contribution in [-0.4, -0.2) is 36.5 Å². The van der Waals surface area contributed by atoms with Gasteiger partial charge in [0, 0.05) is 37.1 Å². The lowest BCUT2D eigenvalue weighted by Crippen LogP contribution is -2.31. The van der Waals surface area contributed by atoms with Crippen molar-refractivity contribution >= 4 is 0 Å². The van der Waals surface area contributed by atoms with Crippen LogP contribution in [0, 0.1) is 0 Å². The fourth-order valence-electron chi connectivity index (χ4n) is 1.79. The van der Waals surface area contributed by atoms with Crippen molar-refractivity contribution in [2.24, 2.45) is 5.73 Å². The number of nitrogens with zero attached hydrogens (tertiary/aromatic N) is 2. The Balaban J connectivity index is 2.03. The van der Waals surface area contributed by atoms with Gasteiger partial charge in [-0.3, -0.25) is 0 Å². The maximum atomic E-state index is 5.79. The van der Waals surface area contributed by atoms with Crippen molar-refractivity contribution in [2.45, 2.75) is 6.42 Å². The summed E-state index contributed by atoms with van der Waals surface area (Å²) in [5.41, 5.74) is 8.13. The molecular formula is C11H17N3. The normalized spacial score (nSPS) is 23.4. The first-order chi connectivity index (χ1) is 6.75. The van der Waals surface area contributed by atoms with E-state index in [4.69, 9.17) is 5.73 Å². The lowest BCUT2D eigenvalue weighted by atomic mass is 10.1. The molecule has 0 atom stereocenters. The zero-order chi connectivity index (χ0) is 9.97. The Labute approximate surface area is 85.2 Å². The molecule has 0 amide bonds. The molecule has 0 aromatic carbocycles. The minimum absolute atomic E-state index is 0.839. The highest BCUT2D eigenvalue weighted by molar-refractivity contribution is 5.22. The molecule has 0 fully saturated rings. The van der Waals surface area contributed by atoms with E-state index in [9.17, 15) is 0 Å². The highest BCUT2D eigenvalue weighted by atomic mass is 15.2. The largest absolute Gasteiger partial charge is 0.401 e. The van der Waals surface area contributed by atoms with Gasteiger partial charge in [-0.15, -0.1) is 0 Å². The lowest BCUT2D eigenvalue weighted by Gasteiger charge is -2.30. The molecule has 14 heavy (non-hydrogen) atoms. The van der Waals surface area contributed by atoms with Gasteiger partial charge < -0.3 is 15.5 Å². The van der Waals surface area contributed by atoms with Crippen molar-refractivity contribution in [1.29, 1.82) is 0 Å². The van der Waals surface area contributed by atoms with E-state index in [1.807, 2.05) is 12.2 Å². The maximum absolute atomic E-state index is 5.79. The Morgan fingerprint density at radius 3 is 2.93 bits per heavy atom. The van der Waals surface area contributed by atoms with Crippen LogP contribution < -0.4 is 5.73 Å². The van der Waals surface area contributed by atoms with Crippen molar-refractivity contribution in [2.75, 3.05) is 26.7 Å². The Morgan fingerprint density at radius 1 is 1.43 bits per heavy atom. The number of hydrogen-bond donors (Lipinski definition) is 1. The van der Waals surface area contributed by atoms with Crippen molar-refractivity contribution in [3.05, 3.63) is 35.8 Å². The summed E-state index contributed by atoms with van der Waals surface area (Å²) in [5.74, 6) is 0. The summed E-state index contributed by atoms with van der Waals surface area (Å²) in [6.45, 7) is 3.02. The summed E-state index contributed by atoms with van der Waals surface area (Å²) in [6, 6.07) is 0. The third kappa shape index (κ3) is 1.99. The van der Waals surface area contributed by atoms with Crippen LogP contribution in [0.2, 0.25) is 0 Å². The zero-order valence-electron chi connectivity index (χ0n) is 8.61. The Bertz CT molecular complexity index is 302.